The number of amides is 1. The van der Waals surface area contributed by atoms with Crippen LogP contribution in [0.25, 0.3) is 0 Å². The van der Waals surface area contributed by atoms with Gasteiger partial charge in [0.05, 0.1) is 7.11 Å². The minimum Gasteiger partial charge on any atom is -0.504 e. The van der Waals surface area contributed by atoms with Crippen molar-refractivity contribution >= 4 is 5.91 Å². The predicted octanol–water partition coefficient (Wildman–Crippen LogP) is 1.74. The number of ether oxygens (including phenoxy) is 1. The van der Waals surface area contributed by atoms with E-state index in [0.717, 1.165) is 19.3 Å². The van der Waals surface area contributed by atoms with Gasteiger partial charge < -0.3 is 20.5 Å². The van der Waals surface area contributed by atoms with Gasteiger partial charge in [-0.05, 0) is 44.4 Å². The highest BCUT2D eigenvalue weighted by Crippen LogP contribution is 2.29. The summed E-state index contributed by atoms with van der Waals surface area (Å²) in [7, 11) is 1.48. The van der Waals surface area contributed by atoms with Crippen LogP contribution < -0.4 is 10.5 Å². The Morgan fingerprint density at radius 3 is 2.85 bits per heavy atom. The van der Waals surface area contributed by atoms with Crippen LogP contribution in [0.1, 0.15) is 36.5 Å². The van der Waals surface area contributed by atoms with Crippen molar-refractivity contribution < 1.29 is 14.6 Å². The fourth-order valence-corrected chi connectivity index (χ4v) is 2.86. The summed E-state index contributed by atoms with van der Waals surface area (Å²) in [5, 5.41) is 9.81. The normalized spacial score (nSPS) is 22.6. The predicted molar refractivity (Wildman–Crippen MR) is 77.0 cm³/mol. The number of phenols is 1. The minimum atomic E-state index is -0.0781. The maximum Gasteiger partial charge on any atom is 0.254 e. The molecule has 1 aliphatic heterocycles. The summed E-state index contributed by atoms with van der Waals surface area (Å²) < 4.78 is 4.99. The molecule has 0 saturated carbocycles. The van der Waals surface area contributed by atoms with Crippen molar-refractivity contribution in [3.8, 4) is 11.5 Å². The summed E-state index contributed by atoms with van der Waals surface area (Å²) in [6.45, 7) is 2.52. The molecule has 5 heteroatoms. The van der Waals surface area contributed by atoms with Gasteiger partial charge in [-0.2, -0.15) is 0 Å². The molecule has 2 rings (SSSR count). The molecule has 1 aromatic carbocycles. The highest BCUT2D eigenvalue weighted by molar-refractivity contribution is 5.95. The molecular formula is C15H22N2O3. The second kappa shape index (κ2) is 6.13. The Balaban J connectivity index is 2.26. The number of rotatable bonds is 3. The molecule has 3 N–H and O–H groups in total. The smallest absolute Gasteiger partial charge is 0.254 e. The molecule has 1 heterocycles. The first-order valence-corrected chi connectivity index (χ1v) is 6.98. The Morgan fingerprint density at radius 1 is 1.50 bits per heavy atom. The van der Waals surface area contributed by atoms with Crippen molar-refractivity contribution in [2.45, 2.75) is 38.3 Å². The molecule has 0 bridgehead atoms. The summed E-state index contributed by atoms with van der Waals surface area (Å²) in [5.74, 6) is 0.265. The zero-order valence-electron chi connectivity index (χ0n) is 12.0. The lowest BCUT2D eigenvalue weighted by Gasteiger charge is -2.40. The van der Waals surface area contributed by atoms with Gasteiger partial charge in [-0.25, -0.2) is 0 Å². The summed E-state index contributed by atoms with van der Waals surface area (Å²) in [5.41, 5.74) is 6.25. The van der Waals surface area contributed by atoms with Crippen molar-refractivity contribution in [2.24, 2.45) is 5.73 Å². The molecular weight excluding hydrogens is 256 g/mol. The zero-order chi connectivity index (χ0) is 14.7. The van der Waals surface area contributed by atoms with E-state index in [-0.39, 0.29) is 23.7 Å². The van der Waals surface area contributed by atoms with Gasteiger partial charge in [0.15, 0.2) is 11.5 Å². The van der Waals surface area contributed by atoms with E-state index in [1.165, 1.54) is 13.2 Å². The van der Waals surface area contributed by atoms with Crippen molar-refractivity contribution in [1.29, 1.82) is 0 Å². The van der Waals surface area contributed by atoms with Crippen molar-refractivity contribution in [3.05, 3.63) is 23.8 Å². The maximum atomic E-state index is 12.6. The van der Waals surface area contributed by atoms with Crippen LogP contribution in [0.2, 0.25) is 0 Å². The lowest BCUT2D eigenvalue weighted by Crippen LogP contribution is -2.51. The molecule has 20 heavy (non-hydrogen) atoms. The molecule has 1 amide bonds. The van der Waals surface area contributed by atoms with Gasteiger partial charge in [-0.1, -0.05) is 0 Å². The van der Waals surface area contributed by atoms with Crippen molar-refractivity contribution in [1.82, 2.24) is 4.90 Å². The van der Waals surface area contributed by atoms with E-state index in [9.17, 15) is 9.90 Å². The average molecular weight is 278 g/mol. The Labute approximate surface area is 119 Å². The van der Waals surface area contributed by atoms with E-state index < -0.39 is 0 Å². The topological polar surface area (TPSA) is 75.8 Å². The van der Waals surface area contributed by atoms with Crippen molar-refractivity contribution in [2.75, 3.05) is 13.7 Å². The fourth-order valence-electron chi connectivity index (χ4n) is 2.86. The first-order valence-electron chi connectivity index (χ1n) is 6.98. The molecule has 0 spiro atoms. The van der Waals surface area contributed by atoms with E-state index in [4.69, 9.17) is 10.5 Å². The lowest BCUT2D eigenvalue weighted by molar-refractivity contribution is 0.0493. The van der Waals surface area contributed by atoms with Crippen LogP contribution in [0, 0.1) is 0 Å². The van der Waals surface area contributed by atoms with Gasteiger partial charge in [0.2, 0.25) is 0 Å². The number of benzene rings is 1. The first kappa shape index (κ1) is 14.7. The number of likely N-dealkylation sites (tertiary alicyclic amines) is 1. The molecule has 2 atom stereocenters. The van der Waals surface area contributed by atoms with Crippen LogP contribution in [0.5, 0.6) is 11.5 Å². The number of piperidine rings is 1. The maximum absolute atomic E-state index is 12.6. The van der Waals surface area contributed by atoms with Gasteiger partial charge in [-0.3, -0.25) is 4.79 Å². The third kappa shape index (κ3) is 2.72. The Bertz CT molecular complexity index is 490. The molecule has 5 nitrogen and oxygen atoms in total. The quantitative estimate of drug-likeness (QED) is 0.883. The van der Waals surface area contributed by atoms with Gasteiger partial charge in [0.25, 0.3) is 5.91 Å². The van der Waals surface area contributed by atoms with Crippen LogP contribution in [0.15, 0.2) is 18.2 Å². The van der Waals surface area contributed by atoms with Crippen LogP contribution >= 0.6 is 0 Å². The minimum absolute atomic E-state index is 0.0210. The molecule has 1 aromatic rings. The number of aromatic hydroxyl groups is 1. The number of carbonyl (C=O) groups excluding carboxylic acids is 1. The second-order valence-electron chi connectivity index (χ2n) is 5.27. The fraction of sp³-hybridized carbons (Fsp3) is 0.533. The highest BCUT2D eigenvalue weighted by atomic mass is 16.5. The third-order valence-electron chi connectivity index (χ3n) is 3.96. The van der Waals surface area contributed by atoms with E-state index >= 15 is 0 Å². The van der Waals surface area contributed by atoms with Crippen molar-refractivity contribution in [3.63, 3.8) is 0 Å². The Kier molecular flexibility index (Phi) is 4.49. The van der Waals surface area contributed by atoms with Gasteiger partial charge in [0.1, 0.15) is 0 Å². The Morgan fingerprint density at radius 2 is 2.25 bits per heavy atom. The highest BCUT2D eigenvalue weighted by Gasteiger charge is 2.31. The molecule has 110 valence electrons. The molecule has 0 radical (unpaired) electrons. The van der Waals surface area contributed by atoms with E-state index in [0.29, 0.717) is 17.9 Å². The second-order valence-corrected chi connectivity index (χ2v) is 5.27. The number of nitrogens with zero attached hydrogens (tertiary/aromatic N) is 1. The molecule has 1 aliphatic rings. The zero-order valence-corrected chi connectivity index (χ0v) is 12.0. The lowest BCUT2D eigenvalue weighted by atomic mass is 9.95. The van der Waals surface area contributed by atoms with E-state index in [2.05, 4.69) is 0 Å². The van der Waals surface area contributed by atoms with Gasteiger partial charge >= 0.3 is 0 Å². The van der Waals surface area contributed by atoms with Gasteiger partial charge in [-0.15, -0.1) is 0 Å². The van der Waals surface area contributed by atoms with Crippen LogP contribution in [-0.2, 0) is 0 Å². The summed E-state index contributed by atoms with van der Waals surface area (Å²) in [6, 6.07) is 4.99. The van der Waals surface area contributed by atoms with E-state index in [1.54, 1.807) is 12.1 Å². The summed E-state index contributed by atoms with van der Waals surface area (Å²) >= 11 is 0. The average Bonchev–Trinajstić information content (AvgIpc) is 2.46. The Hall–Kier alpha value is -1.75. The summed E-state index contributed by atoms with van der Waals surface area (Å²) in [6.07, 6.45) is 3.03. The number of phenolic OH excluding ortho intramolecular Hbond substituents is 1. The van der Waals surface area contributed by atoms with Crippen LogP contribution in [-0.4, -0.2) is 41.7 Å². The molecule has 2 unspecified atom stereocenters. The van der Waals surface area contributed by atoms with Crippen LogP contribution in [0.4, 0.5) is 0 Å². The number of nitrogens with two attached hydrogens (primary N) is 1. The first-order chi connectivity index (χ1) is 9.58. The number of hydrogen-bond acceptors (Lipinski definition) is 4. The molecule has 1 fully saturated rings. The van der Waals surface area contributed by atoms with E-state index in [1.807, 2.05) is 11.8 Å². The largest absolute Gasteiger partial charge is 0.504 e. The van der Waals surface area contributed by atoms with Gasteiger partial charge in [0, 0.05) is 24.2 Å². The third-order valence-corrected chi connectivity index (χ3v) is 3.96. The van der Waals surface area contributed by atoms with Crippen LogP contribution in [0.3, 0.4) is 0 Å². The molecule has 0 aromatic heterocycles. The standard InChI is InChI=1S/C15H22N2O3/c1-10-4-3-5-12(9-16)17(10)15(19)11-6-7-14(20-2)13(18)8-11/h6-8,10,12,18H,3-5,9,16H2,1-2H3. The summed E-state index contributed by atoms with van der Waals surface area (Å²) in [4.78, 5) is 14.5. The SMILES string of the molecule is COc1ccc(C(=O)N2C(C)CCCC2CN)cc1O. The number of methoxy groups -OCH3 is 1. The monoisotopic (exact) mass is 278 g/mol. The molecule has 0 aliphatic carbocycles. The number of hydrogen-bond donors (Lipinski definition) is 2. The number of carbonyl (C=O) groups is 1. The molecule has 1 saturated heterocycles.